The Kier molecular flexibility index (Phi) is 7.17. The number of carbonyl (C=O) groups is 1. The van der Waals surface area contributed by atoms with Crippen LogP contribution in [0.5, 0.6) is 0 Å². The molecule has 10 heteroatoms. The third-order valence-electron chi connectivity index (χ3n) is 4.72. The van der Waals surface area contributed by atoms with E-state index in [2.05, 4.69) is 21.1 Å². The van der Waals surface area contributed by atoms with Gasteiger partial charge in [-0.3, -0.25) is 10.2 Å². The molecule has 0 radical (unpaired) electrons. The SMILES string of the molecule is CS(=O)(=O)N[C@@H](Cc1cccc(C(=N)N)c1)C(=O)Nc1ccc(-c2ccccc2C#N)cn1. The summed E-state index contributed by atoms with van der Waals surface area (Å²) in [6.07, 6.45) is 2.55. The van der Waals surface area contributed by atoms with E-state index in [1.165, 1.54) is 6.20 Å². The first-order valence-electron chi connectivity index (χ1n) is 9.83. The summed E-state index contributed by atoms with van der Waals surface area (Å²) in [5.74, 6) is -0.488. The second-order valence-corrected chi connectivity index (χ2v) is 9.12. The van der Waals surface area contributed by atoms with Crippen LogP contribution in [0.15, 0.2) is 66.9 Å². The summed E-state index contributed by atoms with van der Waals surface area (Å²) in [6, 6.07) is 18.1. The molecule has 3 aromatic rings. The summed E-state index contributed by atoms with van der Waals surface area (Å²) in [7, 11) is -3.69. The van der Waals surface area contributed by atoms with Crippen LogP contribution in [0.2, 0.25) is 0 Å². The van der Waals surface area contributed by atoms with Crippen LogP contribution < -0.4 is 15.8 Å². The van der Waals surface area contributed by atoms with Gasteiger partial charge in [-0.15, -0.1) is 0 Å². The molecule has 1 heterocycles. The summed E-state index contributed by atoms with van der Waals surface area (Å²) >= 11 is 0. The first kappa shape index (κ1) is 23.6. The number of hydrogen-bond donors (Lipinski definition) is 4. The second-order valence-electron chi connectivity index (χ2n) is 7.34. The van der Waals surface area contributed by atoms with E-state index >= 15 is 0 Å². The molecule has 0 fully saturated rings. The van der Waals surface area contributed by atoms with Gasteiger partial charge in [0, 0.05) is 22.9 Å². The lowest BCUT2D eigenvalue weighted by molar-refractivity contribution is -0.117. The maximum absolute atomic E-state index is 12.9. The molecule has 0 aliphatic heterocycles. The van der Waals surface area contributed by atoms with Gasteiger partial charge in [0.25, 0.3) is 0 Å². The third-order valence-corrected chi connectivity index (χ3v) is 5.44. The molecular formula is C23H22N6O3S. The summed E-state index contributed by atoms with van der Waals surface area (Å²) < 4.78 is 26.0. The number of amidine groups is 1. The van der Waals surface area contributed by atoms with Gasteiger partial charge < -0.3 is 11.1 Å². The number of nitrogens with two attached hydrogens (primary N) is 1. The van der Waals surface area contributed by atoms with E-state index in [4.69, 9.17) is 11.1 Å². The molecule has 0 aliphatic carbocycles. The molecule has 1 amide bonds. The van der Waals surface area contributed by atoms with Crippen molar-refractivity contribution >= 4 is 27.6 Å². The molecule has 0 spiro atoms. The van der Waals surface area contributed by atoms with E-state index in [0.29, 0.717) is 27.8 Å². The van der Waals surface area contributed by atoms with Crippen LogP contribution in [0.25, 0.3) is 11.1 Å². The van der Waals surface area contributed by atoms with Gasteiger partial charge in [-0.05, 0) is 36.2 Å². The highest BCUT2D eigenvalue weighted by atomic mass is 32.2. The van der Waals surface area contributed by atoms with E-state index in [0.717, 1.165) is 6.26 Å². The number of hydrogen-bond acceptors (Lipinski definition) is 6. The van der Waals surface area contributed by atoms with Crippen molar-refractivity contribution < 1.29 is 13.2 Å². The normalized spacial score (nSPS) is 11.9. The van der Waals surface area contributed by atoms with E-state index in [1.807, 2.05) is 6.07 Å². The minimum Gasteiger partial charge on any atom is -0.384 e. The molecular weight excluding hydrogens is 440 g/mol. The van der Waals surface area contributed by atoms with Crippen molar-refractivity contribution in [3.05, 3.63) is 83.6 Å². The van der Waals surface area contributed by atoms with Gasteiger partial charge in [-0.2, -0.15) is 5.26 Å². The molecule has 0 saturated heterocycles. The fraction of sp³-hybridized carbons (Fsp3) is 0.130. The van der Waals surface area contributed by atoms with Crippen molar-refractivity contribution in [1.82, 2.24) is 9.71 Å². The Morgan fingerprint density at radius 1 is 1.18 bits per heavy atom. The van der Waals surface area contributed by atoms with Gasteiger partial charge >= 0.3 is 0 Å². The van der Waals surface area contributed by atoms with Crippen LogP contribution in [0.4, 0.5) is 5.82 Å². The summed E-state index contributed by atoms with van der Waals surface area (Å²) in [4.78, 5) is 17.1. The van der Waals surface area contributed by atoms with Crippen molar-refractivity contribution in [2.45, 2.75) is 12.5 Å². The fourth-order valence-electron chi connectivity index (χ4n) is 3.22. The fourth-order valence-corrected chi connectivity index (χ4v) is 3.93. The van der Waals surface area contributed by atoms with Crippen LogP contribution in [-0.2, 0) is 21.2 Å². The maximum atomic E-state index is 12.9. The lowest BCUT2D eigenvalue weighted by Gasteiger charge is -2.18. The number of rotatable bonds is 8. The zero-order valence-electron chi connectivity index (χ0n) is 17.7. The van der Waals surface area contributed by atoms with Crippen LogP contribution in [0, 0.1) is 16.7 Å². The molecule has 168 valence electrons. The smallest absolute Gasteiger partial charge is 0.244 e. The highest BCUT2D eigenvalue weighted by Gasteiger charge is 2.23. The van der Waals surface area contributed by atoms with E-state index in [1.54, 1.807) is 54.6 Å². The van der Waals surface area contributed by atoms with Gasteiger partial charge in [0.2, 0.25) is 15.9 Å². The summed E-state index contributed by atoms with van der Waals surface area (Å²) in [6.45, 7) is 0. The molecule has 0 bridgehead atoms. The van der Waals surface area contributed by atoms with Gasteiger partial charge in [0.1, 0.15) is 17.7 Å². The molecule has 0 aliphatic rings. The Morgan fingerprint density at radius 3 is 2.58 bits per heavy atom. The van der Waals surface area contributed by atoms with Gasteiger partial charge in [-0.1, -0.05) is 36.4 Å². The Hall–Kier alpha value is -4.07. The Bertz CT molecular complexity index is 1330. The van der Waals surface area contributed by atoms with Crippen LogP contribution >= 0.6 is 0 Å². The molecule has 33 heavy (non-hydrogen) atoms. The van der Waals surface area contributed by atoms with Crippen LogP contribution in [-0.4, -0.2) is 37.4 Å². The lowest BCUT2D eigenvalue weighted by Crippen LogP contribution is -2.44. The number of nitrogens with one attached hydrogen (secondary N) is 3. The van der Waals surface area contributed by atoms with E-state index in [-0.39, 0.29) is 18.1 Å². The third kappa shape index (κ3) is 6.46. The largest absolute Gasteiger partial charge is 0.384 e. The molecule has 1 atom stereocenters. The predicted molar refractivity (Wildman–Crippen MR) is 126 cm³/mol. The number of pyridine rings is 1. The van der Waals surface area contributed by atoms with Gasteiger partial charge in [-0.25, -0.2) is 18.1 Å². The Labute approximate surface area is 191 Å². The van der Waals surface area contributed by atoms with E-state index in [9.17, 15) is 18.5 Å². The number of sulfonamides is 1. The zero-order chi connectivity index (χ0) is 24.0. The molecule has 2 aromatic carbocycles. The Balaban J connectivity index is 1.80. The van der Waals surface area contributed by atoms with Crippen molar-refractivity contribution in [3.63, 3.8) is 0 Å². The number of benzene rings is 2. The number of amides is 1. The van der Waals surface area contributed by atoms with Crippen molar-refractivity contribution in [2.75, 3.05) is 11.6 Å². The average Bonchev–Trinajstić information content (AvgIpc) is 2.78. The maximum Gasteiger partial charge on any atom is 0.244 e. The van der Waals surface area contributed by atoms with Crippen molar-refractivity contribution in [1.29, 1.82) is 10.7 Å². The topological polar surface area (TPSA) is 162 Å². The predicted octanol–water partition coefficient (Wildman–Crippen LogP) is 2.00. The molecule has 0 saturated carbocycles. The van der Waals surface area contributed by atoms with Crippen LogP contribution in [0.3, 0.4) is 0 Å². The minimum atomic E-state index is -3.69. The van der Waals surface area contributed by atoms with E-state index < -0.39 is 22.0 Å². The van der Waals surface area contributed by atoms with Crippen molar-refractivity contribution in [2.24, 2.45) is 5.73 Å². The number of carbonyl (C=O) groups excluding carboxylic acids is 1. The first-order chi connectivity index (χ1) is 15.7. The van der Waals surface area contributed by atoms with Gasteiger partial charge in [0.05, 0.1) is 17.9 Å². The average molecular weight is 463 g/mol. The number of nitrogen functional groups attached to an aromatic ring is 1. The van der Waals surface area contributed by atoms with Crippen molar-refractivity contribution in [3.8, 4) is 17.2 Å². The Morgan fingerprint density at radius 2 is 1.94 bits per heavy atom. The number of anilines is 1. The summed E-state index contributed by atoms with van der Waals surface area (Å²) in [5, 5.41) is 19.5. The molecule has 5 N–H and O–H groups in total. The molecule has 9 nitrogen and oxygen atoms in total. The quantitative estimate of drug-likeness (QED) is 0.296. The molecule has 1 aromatic heterocycles. The minimum absolute atomic E-state index is 0.0493. The highest BCUT2D eigenvalue weighted by Crippen LogP contribution is 2.23. The number of nitrogens with zero attached hydrogens (tertiary/aromatic N) is 2. The lowest BCUT2D eigenvalue weighted by atomic mass is 10.0. The number of aromatic nitrogens is 1. The molecule has 0 unspecified atom stereocenters. The van der Waals surface area contributed by atoms with Crippen LogP contribution in [0.1, 0.15) is 16.7 Å². The monoisotopic (exact) mass is 462 g/mol. The number of nitriles is 1. The first-order valence-corrected chi connectivity index (χ1v) is 11.7. The second kappa shape index (κ2) is 10.0. The standard InChI is InChI=1S/C23H22N6O3S/c1-33(31,32)29-20(12-15-5-4-7-16(11-15)22(25)26)23(30)28-21-10-9-18(14-27-21)19-8-3-2-6-17(19)13-24/h2-11,14,20,29H,12H2,1H3,(H3,25,26)(H,27,28,30)/t20-/m0/s1. The summed E-state index contributed by atoms with van der Waals surface area (Å²) in [5.41, 5.74) is 8.55. The zero-order valence-corrected chi connectivity index (χ0v) is 18.6. The van der Waals surface area contributed by atoms with Gasteiger partial charge in [0.15, 0.2) is 0 Å². The highest BCUT2D eigenvalue weighted by molar-refractivity contribution is 7.88. The molecule has 3 rings (SSSR count).